The molecule has 4 N–H and O–H groups in total. The number of aliphatic hydroxyl groups is 4. The molecule has 9 heteroatoms. The number of carbonyl (C=O) groups is 1. The second-order valence-electron chi connectivity index (χ2n) is 20.8. The Morgan fingerprint density at radius 2 is 0.847 bits per heavy atom. The molecule has 1 saturated heterocycles. The Morgan fingerprint density at radius 1 is 0.458 bits per heavy atom. The molecule has 0 saturated carbocycles. The van der Waals surface area contributed by atoms with Crippen molar-refractivity contribution in [2.45, 2.75) is 307 Å². The normalized spacial score (nSPS) is 19.1. The highest BCUT2D eigenvalue weighted by molar-refractivity contribution is 5.69. The van der Waals surface area contributed by atoms with Gasteiger partial charge in [0.2, 0.25) is 0 Å². The summed E-state index contributed by atoms with van der Waals surface area (Å²) in [5.41, 5.74) is 0. The zero-order valence-electron chi connectivity index (χ0n) is 46.7. The summed E-state index contributed by atoms with van der Waals surface area (Å²) < 4.78 is 23.0. The molecule has 0 aromatic carbocycles. The molecule has 72 heavy (non-hydrogen) atoms. The van der Waals surface area contributed by atoms with Gasteiger partial charge in [0.05, 0.1) is 19.8 Å². The number of carbonyl (C=O) groups excluding carboxylic acids is 1. The first kappa shape index (κ1) is 67.9. The Hall–Kier alpha value is -2.11. The first-order chi connectivity index (χ1) is 35.4. The molecule has 0 amide bonds. The molecule has 9 nitrogen and oxygen atoms in total. The molecular weight excluding hydrogens is 901 g/mol. The third-order valence-electron chi connectivity index (χ3n) is 13.9. The van der Waals surface area contributed by atoms with Crippen LogP contribution in [-0.2, 0) is 23.7 Å². The molecule has 6 unspecified atom stereocenters. The summed E-state index contributed by atoms with van der Waals surface area (Å²) in [6, 6.07) is 0. The summed E-state index contributed by atoms with van der Waals surface area (Å²) in [5, 5.41) is 40.4. The predicted molar refractivity (Wildman–Crippen MR) is 302 cm³/mol. The van der Waals surface area contributed by atoms with Crippen LogP contribution in [0.25, 0.3) is 0 Å². The molecular formula is C63H114O9. The lowest BCUT2D eigenvalue weighted by atomic mass is 9.99. The summed E-state index contributed by atoms with van der Waals surface area (Å²) in [6.07, 6.45) is 64.2. The van der Waals surface area contributed by atoms with E-state index in [2.05, 4.69) is 74.6 Å². The fraction of sp³-hybridized carbons (Fsp3) is 0.825. The van der Waals surface area contributed by atoms with E-state index >= 15 is 0 Å². The number of aliphatic hydroxyl groups excluding tert-OH is 4. The smallest absolute Gasteiger partial charge is 0.306 e. The minimum Gasteiger partial charge on any atom is -0.457 e. The number of hydrogen-bond acceptors (Lipinski definition) is 9. The Kier molecular flexibility index (Phi) is 50.7. The van der Waals surface area contributed by atoms with E-state index in [0.29, 0.717) is 13.0 Å². The summed E-state index contributed by atoms with van der Waals surface area (Å²) in [7, 11) is 0. The molecule has 1 fully saturated rings. The van der Waals surface area contributed by atoms with Crippen LogP contribution in [0.2, 0.25) is 0 Å². The SMILES string of the molecule is CC/C=C\C/C=C\C/C=C\C/C=C\C/C=C\CCCCCCCCCCCCOCC(COC1OC(CO)C(O)C(O)C1O)OC(=O)CCCCCCCCCCCCCCCCCCCCCCCCC. The molecule has 0 aromatic rings. The van der Waals surface area contributed by atoms with Gasteiger partial charge in [-0.1, -0.05) is 267 Å². The number of unbranched alkanes of at least 4 members (excludes halogenated alkanes) is 32. The third-order valence-corrected chi connectivity index (χ3v) is 13.9. The quantitative estimate of drug-likeness (QED) is 0.0267. The number of allylic oxidation sites excluding steroid dienone is 10. The predicted octanol–water partition coefficient (Wildman–Crippen LogP) is 16.2. The van der Waals surface area contributed by atoms with E-state index in [4.69, 9.17) is 18.9 Å². The van der Waals surface area contributed by atoms with Crippen LogP contribution in [0, 0.1) is 0 Å². The minimum atomic E-state index is -1.54. The van der Waals surface area contributed by atoms with Crippen molar-refractivity contribution in [1.82, 2.24) is 0 Å². The van der Waals surface area contributed by atoms with Gasteiger partial charge in [0, 0.05) is 13.0 Å². The van der Waals surface area contributed by atoms with Gasteiger partial charge < -0.3 is 39.4 Å². The van der Waals surface area contributed by atoms with Crippen molar-refractivity contribution in [2.75, 3.05) is 26.4 Å². The highest BCUT2D eigenvalue weighted by Gasteiger charge is 2.44. The lowest BCUT2D eigenvalue weighted by Crippen LogP contribution is -2.59. The van der Waals surface area contributed by atoms with Crippen LogP contribution in [0.1, 0.15) is 271 Å². The lowest BCUT2D eigenvalue weighted by molar-refractivity contribution is -0.305. The number of esters is 1. The molecule has 1 aliphatic heterocycles. The van der Waals surface area contributed by atoms with Gasteiger partial charge in [0.1, 0.15) is 30.5 Å². The van der Waals surface area contributed by atoms with Crippen molar-refractivity contribution in [3.63, 3.8) is 0 Å². The largest absolute Gasteiger partial charge is 0.457 e. The minimum absolute atomic E-state index is 0.114. The van der Waals surface area contributed by atoms with Gasteiger partial charge in [-0.05, 0) is 57.8 Å². The monoisotopic (exact) mass is 1010 g/mol. The Labute approximate surface area is 443 Å². The van der Waals surface area contributed by atoms with Gasteiger partial charge in [0.25, 0.3) is 0 Å². The Morgan fingerprint density at radius 3 is 1.28 bits per heavy atom. The van der Waals surface area contributed by atoms with E-state index in [-0.39, 0.29) is 19.2 Å². The van der Waals surface area contributed by atoms with Gasteiger partial charge in [-0.2, -0.15) is 0 Å². The molecule has 420 valence electrons. The van der Waals surface area contributed by atoms with E-state index in [1.54, 1.807) is 0 Å². The molecule has 0 aromatic heterocycles. The van der Waals surface area contributed by atoms with Crippen LogP contribution >= 0.6 is 0 Å². The van der Waals surface area contributed by atoms with Crippen LogP contribution < -0.4 is 0 Å². The average molecular weight is 1020 g/mol. The number of rotatable bonds is 53. The van der Waals surface area contributed by atoms with Crippen LogP contribution in [0.15, 0.2) is 60.8 Å². The maximum absolute atomic E-state index is 12.9. The third kappa shape index (κ3) is 43.2. The maximum Gasteiger partial charge on any atom is 0.306 e. The fourth-order valence-electron chi connectivity index (χ4n) is 9.29. The van der Waals surface area contributed by atoms with Crippen molar-refractivity contribution in [3.05, 3.63) is 60.8 Å². The molecule has 1 heterocycles. The highest BCUT2D eigenvalue weighted by Crippen LogP contribution is 2.23. The van der Waals surface area contributed by atoms with E-state index in [1.165, 1.54) is 186 Å². The van der Waals surface area contributed by atoms with Gasteiger partial charge >= 0.3 is 5.97 Å². The molecule has 1 aliphatic rings. The molecule has 0 aliphatic carbocycles. The van der Waals surface area contributed by atoms with Gasteiger partial charge in [-0.3, -0.25) is 4.79 Å². The van der Waals surface area contributed by atoms with E-state index < -0.39 is 43.4 Å². The summed E-state index contributed by atoms with van der Waals surface area (Å²) in [4.78, 5) is 12.9. The van der Waals surface area contributed by atoms with Crippen LogP contribution in [-0.4, -0.2) is 89.6 Å². The second kappa shape index (κ2) is 53.7. The van der Waals surface area contributed by atoms with Crippen molar-refractivity contribution >= 4 is 5.97 Å². The van der Waals surface area contributed by atoms with E-state index in [0.717, 1.165) is 64.2 Å². The van der Waals surface area contributed by atoms with Crippen molar-refractivity contribution < 1.29 is 44.2 Å². The van der Waals surface area contributed by atoms with E-state index in [9.17, 15) is 25.2 Å². The Balaban J connectivity index is 2.13. The topological polar surface area (TPSA) is 135 Å². The van der Waals surface area contributed by atoms with Crippen LogP contribution in [0.4, 0.5) is 0 Å². The zero-order chi connectivity index (χ0) is 52.1. The van der Waals surface area contributed by atoms with Gasteiger partial charge in [0.15, 0.2) is 6.29 Å². The average Bonchev–Trinajstić information content (AvgIpc) is 3.38. The van der Waals surface area contributed by atoms with Crippen molar-refractivity contribution in [1.29, 1.82) is 0 Å². The van der Waals surface area contributed by atoms with Crippen molar-refractivity contribution in [3.8, 4) is 0 Å². The standard InChI is InChI=1S/C63H114O9/c1-3-5-7-9-11-13-15-17-19-21-23-25-27-28-29-31-33-35-37-39-41-43-45-47-49-51-53-69-55-57(56-70-63-62(68)61(67)60(66)58(54-64)72-63)71-59(65)52-50-48-46-44-42-40-38-36-34-32-30-26-24-22-20-18-16-14-12-10-8-6-4-2/h5,7,11,13,17,19,23,25,28-29,57-58,60-64,66-68H,3-4,6,8-10,12,14-16,18,20-22,24,26-27,30-56H2,1-2H3/b7-5-,13-11-,19-17-,25-23-,29-28-. The molecule has 0 radical (unpaired) electrons. The summed E-state index contributed by atoms with van der Waals surface area (Å²) in [5.74, 6) is -0.310. The highest BCUT2D eigenvalue weighted by atomic mass is 16.7. The summed E-state index contributed by atoms with van der Waals surface area (Å²) >= 11 is 0. The molecule has 0 spiro atoms. The number of hydrogen-bond donors (Lipinski definition) is 4. The molecule has 6 atom stereocenters. The fourth-order valence-corrected chi connectivity index (χ4v) is 9.29. The first-order valence-electron chi connectivity index (χ1n) is 30.4. The lowest BCUT2D eigenvalue weighted by Gasteiger charge is -2.39. The molecule has 1 rings (SSSR count). The van der Waals surface area contributed by atoms with Crippen LogP contribution in [0.5, 0.6) is 0 Å². The van der Waals surface area contributed by atoms with Gasteiger partial charge in [-0.25, -0.2) is 0 Å². The Bertz CT molecular complexity index is 1290. The van der Waals surface area contributed by atoms with Crippen molar-refractivity contribution in [2.24, 2.45) is 0 Å². The first-order valence-corrected chi connectivity index (χ1v) is 30.4. The van der Waals surface area contributed by atoms with E-state index in [1.807, 2.05) is 0 Å². The van der Waals surface area contributed by atoms with Crippen LogP contribution in [0.3, 0.4) is 0 Å². The van der Waals surface area contributed by atoms with Gasteiger partial charge in [-0.15, -0.1) is 0 Å². The zero-order valence-corrected chi connectivity index (χ0v) is 46.7. The maximum atomic E-state index is 12.9. The summed E-state index contributed by atoms with van der Waals surface area (Å²) in [6.45, 7) is 4.48. The molecule has 0 bridgehead atoms. The second-order valence-corrected chi connectivity index (χ2v) is 20.8. The number of ether oxygens (including phenoxy) is 4.